The first-order chi connectivity index (χ1) is 11.6. The first-order valence-electron chi connectivity index (χ1n) is 7.50. The van der Waals surface area contributed by atoms with Gasteiger partial charge in [0.05, 0.1) is 10.7 Å². The van der Waals surface area contributed by atoms with E-state index in [9.17, 15) is 4.79 Å². The molecule has 124 valence electrons. The van der Waals surface area contributed by atoms with E-state index < -0.39 is 0 Å². The first-order valence-corrected chi connectivity index (χ1v) is 8.29. The highest BCUT2D eigenvalue weighted by molar-refractivity contribution is 9.10. The fraction of sp³-hybridized carbons (Fsp3) is 0.235. The molecular weight excluding hydrogens is 374 g/mol. The standard InChI is InChI=1S/C17H16BrN3O3/c1-3-21(17(22)15-13(18)7-8-23-15)10-14-19-16(20-24-14)12-6-4-5-11(2)9-12/h4-9H,3,10H2,1-2H3. The van der Waals surface area contributed by atoms with Gasteiger partial charge >= 0.3 is 0 Å². The number of rotatable bonds is 5. The Labute approximate surface area is 147 Å². The van der Waals surface area contributed by atoms with Crippen molar-refractivity contribution < 1.29 is 13.7 Å². The molecule has 1 amide bonds. The van der Waals surface area contributed by atoms with E-state index in [-0.39, 0.29) is 18.2 Å². The Morgan fingerprint density at radius 2 is 2.17 bits per heavy atom. The Morgan fingerprint density at radius 1 is 1.33 bits per heavy atom. The van der Waals surface area contributed by atoms with Gasteiger partial charge in [-0.2, -0.15) is 4.98 Å². The molecule has 0 N–H and O–H groups in total. The molecule has 0 saturated heterocycles. The molecule has 0 aliphatic heterocycles. The second-order valence-electron chi connectivity index (χ2n) is 5.30. The van der Waals surface area contributed by atoms with Crippen molar-refractivity contribution in [3.05, 3.63) is 58.3 Å². The van der Waals surface area contributed by atoms with Crippen LogP contribution in [0.1, 0.15) is 28.9 Å². The monoisotopic (exact) mass is 389 g/mol. The minimum atomic E-state index is -0.232. The third-order valence-electron chi connectivity index (χ3n) is 3.55. The molecule has 3 aromatic rings. The van der Waals surface area contributed by atoms with Gasteiger partial charge in [0.2, 0.25) is 17.5 Å². The average Bonchev–Trinajstić information content (AvgIpc) is 3.21. The van der Waals surface area contributed by atoms with Gasteiger partial charge in [-0.25, -0.2) is 0 Å². The Balaban J connectivity index is 1.78. The number of carbonyl (C=O) groups excluding carboxylic acids is 1. The van der Waals surface area contributed by atoms with Crippen molar-refractivity contribution in [2.45, 2.75) is 20.4 Å². The maximum Gasteiger partial charge on any atom is 0.291 e. The minimum Gasteiger partial charge on any atom is -0.458 e. The van der Waals surface area contributed by atoms with Crippen LogP contribution in [0.2, 0.25) is 0 Å². The highest BCUT2D eigenvalue weighted by Gasteiger charge is 2.22. The number of nitrogens with zero attached hydrogens (tertiary/aromatic N) is 3. The molecule has 24 heavy (non-hydrogen) atoms. The summed E-state index contributed by atoms with van der Waals surface area (Å²) in [6.45, 7) is 4.60. The van der Waals surface area contributed by atoms with Crippen LogP contribution in [-0.2, 0) is 6.54 Å². The Morgan fingerprint density at radius 3 is 2.83 bits per heavy atom. The van der Waals surface area contributed by atoms with E-state index in [0.29, 0.717) is 22.7 Å². The largest absolute Gasteiger partial charge is 0.458 e. The topological polar surface area (TPSA) is 72.4 Å². The predicted molar refractivity (Wildman–Crippen MR) is 91.3 cm³/mol. The van der Waals surface area contributed by atoms with E-state index >= 15 is 0 Å². The third-order valence-corrected chi connectivity index (χ3v) is 4.18. The summed E-state index contributed by atoms with van der Waals surface area (Å²) < 4.78 is 11.1. The molecule has 2 aromatic heterocycles. The normalized spacial score (nSPS) is 10.8. The third kappa shape index (κ3) is 3.41. The molecule has 0 aliphatic rings. The van der Waals surface area contributed by atoms with Crippen molar-refractivity contribution in [1.82, 2.24) is 15.0 Å². The fourth-order valence-corrected chi connectivity index (χ4v) is 2.67. The number of halogens is 1. The second kappa shape index (κ2) is 7.00. The van der Waals surface area contributed by atoms with Crippen LogP contribution < -0.4 is 0 Å². The zero-order valence-corrected chi connectivity index (χ0v) is 14.9. The number of aryl methyl sites for hydroxylation is 1. The smallest absolute Gasteiger partial charge is 0.291 e. The first kappa shape index (κ1) is 16.4. The summed E-state index contributed by atoms with van der Waals surface area (Å²) in [4.78, 5) is 18.5. The van der Waals surface area contributed by atoms with Crippen LogP contribution in [0.25, 0.3) is 11.4 Å². The van der Waals surface area contributed by atoms with E-state index in [1.54, 1.807) is 11.0 Å². The summed E-state index contributed by atoms with van der Waals surface area (Å²) in [6, 6.07) is 9.53. The van der Waals surface area contributed by atoms with Crippen LogP contribution in [-0.4, -0.2) is 27.5 Å². The van der Waals surface area contributed by atoms with Gasteiger partial charge in [-0.15, -0.1) is 0 Å². The van der Waals surface area contributed by atoms with Crippen LogP contribution in [0.5, 0.6) is 0 Å². The molecule has 3 rings (SSSR count). The molecule has 7 heteroatoms. The Kier molecular flexibility index (Phi) is 4.80. The number of benzene rings is 1. The highest BCUT2D eigenvalue weighted by atomic mass is 79.9. The predicted octanol–water partition coefficient (Wildman–Crippen LogP) is 4.06. The molecule has 0 saturated carbocycles. The van der Waals surface area contributed by atoms with Crippen LogP contribution in [0.15, 0.2) is 50.0 Å². The van der Waals surface area contributed by atoms with E-state index in [1.165, 1.54) is 6.26 Å². The lowest BCUT2D eigenvalue weighted by Crippen LogP contribution is -2.30. The van der Waals surface area contributed by atoms with Crippen LogP contribution in [0, 0.1) is 6.92 Å². The average molecular weight is 390 g/mol. The fourth-order valence-electron chi connectivity index (χ4n) is 2.30. The lowest BCUT2D eigenvalue weighted by Gasteiger charge is -2.17. The molecule has 6 nitrogen and oxygen atoms in total. The lowest BCUT2D eigenvalue weighted by molar-refractivity contribution is 0.0701. The van der Waals surface area contributed by atoms with Gasteiger partial charge in [-0.3, -0.25) is 4.79 Å². The molecule has 1 aromatic carbocycles. The maximum absolute atomic E-state index is 12.5. The number of aromatic nitrogens is 2. The van der Waals surface area contributed by atoms with E-state index in [1.807, 2.05) is 38.1 Å². The van der Waals surface area contributed by atoms with E-state index in [4.69, 9.17) is 8.94 Å². The van der Waals surface area contributed by atoms with Gasteiger partial charge in [-0.05, 0) is 41.9 Å². The van der Waals surface area contributed by atoms with Crippen LogP contribution in [0.4, 0.5) is 0 Å². The van der Waals surface area contributed by atoms with Gasteiger partial charge in [0, 0.05) is 12.1 Å². The second-order valence-corrected chi connectivity index (χ2v) is 6.15. The zero-order chi connectivity index (χ0) is 17.1. The summed E-state index contributed by atoms with van der Waals surface area (Å²) >= 11 is 3.30. The summed E-state index contributed by atoms with van der Waals surface area (Å²) in [7, 11) is 0. The molecule has 0 aliphatic carbocycles. The number of hydrogen-bond acceptors (Lipinski definition) is 5. The summed E-state index contributed by atoms with van der Waals surface area (Å²) in [6.07, 6.45) is 1.47. The zero-order valence-electron chi connectivity index (χ0n) is 13.3. The van der Waals surface area contributed by atoms with E-state index in [2.05, 4.69) is 26.1 Å². The van der Waals surface area contributed by atoms with Crippen molar-refractivity contribution >= 4 is 21.8 Å². The molecular formula is C17H16BrN3O3. The van der Waals surface area contributed by atoms with Crippen LogP contribution in [0.3, 0.4) is 0 Å². The molecule has 0 spiro atoms. The lowest BCUT2D eigenvalue weighted by atomic mass is 10.1. The summed E-state index contributed by atoms with van der Waals surface area (Å²) in [5.41, 5.74) is 2.00. The molecule has 0 fully saturated rings. The van der Waals surface area contributed by atoms with Crippen LogP contribution >= 0.6 is 15.9 Å². The Bertz CT molecular complexity index is 856. The van der Waals surface area contributed by atoms with Gasteiger partial charge in [0.1, 0.15) is 6.54 Å². The number of carbonyl (C=O) groups is 1. The molecule has 2 heterocycles. The molecule has 0 bridgehead atoms. The van der Waals surface area contributed by atoms with Crippen molar-refractivity contribution in [2.24, 2.45) is 0 Å². The van der Waals surface area contributed by atoms with Crippen molar-refractivity contribution in [3.63, 3.8) is 0 Å². The van der Waals surface area contributed by atoms with Gasteiger partial charge in [-0.1, -0.05) is 28.9 Å². The maximum atomic E-state index is 12.5. The molecule has 0 radical (unpaired) electrons. The quantitative estimate of drug-likeness (QED) is 0.657. The highest BCUT2D eigenvalue weighted by Crippen LogP contribution is 2.21. The number of hydrogen-bond donors (Lipinski definition) is 0. The number of amides is 1. The molecule has 0 atom stereocenters. The van der Waals surface area contributed by atoms with Crippen molar-refractivity contribution in [1.29, 1.82) is 0 Å². The van der Waals surface area contributed by atoms with Gasteiger partial charge < -0.3 is 13.8 Å². The number of furan rings is 1. The van der Waals surface area contributed by atoms with Gasteiger partial charge in [0.15, 0.2) is 0 Å². The minimum absolute atomic E-state index is 0.224. The summed E-state index contributed by atoms with van der Waals surface area (Å²) in [5.74, 6) is 0.917. The SMILES string of the molecule is CCN(Cc1nc(-c2cccc(C)c2)no1)C(=O)c1occc1Br. The summed E-state index contributed by atoms with van der Waals surface area (Å²) in [5, 5.41) is 4.00. The van der Waals surface area contributed by atoms with E-state index in [0.717, 1.165) is 11.1 Å². The molecule has 0 unspecified atom stereocenters. The Hall–Kier alpha value is -2.41. The van der Waals surface area contributed by atoms with Crippen molar-refractivity contribution in [2.75, 3.05) is 6.54 Å². The van der Waals surface area contributed by atoms with Gasteiger partial charge in [0.25, 0.3) is 5.91 Å². The van der Waals surface area contributed by atoms with Crippen molar-refractivity contribution in [3.8, 4) is 11.4 Å².